The highest BCUT2D eigenvalue weighted by Crippen LogP contribution is 2.40. The molecule has 100 valence electrons. The second-order valence-corrected chi connectivity index (χ2v) is 5.87. The first kappa shape index (κ1) is 12.4. The molecule has 4 nitrogen and oxygen atoms in total. The van der Waals surface area contributed by atoms with Gasteiger partial charge in [0.25, 0.3) is 0 Å². The van der Waals surface area contributed by atoms with Gasteiger partial charge in [0.1, 0.15) is 5.00 Å². The predicted molar refractivity (Wildman–Crippen MR) is 76.8 cm³/mol. The van der Waals surface area contributed by atoms with Crippen LogP contribution in [0, 0.1) is 5.41 Å². The Balaban J connectivity index is 1.95. The number of aromatic nitrogens is 1. The lowest BCUT2D eigenvalue weighted by Gasteiger charge is -2.23. The number of aliphatic carboxylic acids is 1. The van der Waals surface area contributed by atoms with Crippen LogP contribution in [0.5, 0.6) is 0 Å². The maximum atomic E-state index is 11.5. The molecule has 0 radical (unpaired) electrons. The fourth-order valence-corrected chi connectivity index (χ4v) is 3.65. The van der Waals surface area contributed by atoms with Crippen molar-refractivity contribution in [1.82, 2.24) is 4.37 Å². The molecule has 0 amide bonds. The Kier molecular flexibility index (Phi) is 2.93. The smallest absolute Gasteiger partial charge is 0.311 e. The first-order chi connectivity index (χ1) is 9.16. The number of hydrogen-bond acceptors (Lipinski definition) is 4. The largest absolute Gasteiger partial charge is 0.481 e. The predicted octanol–water partition coefficient (Wildman–Crippen LogP) is 2.99. The molecule has 2 heterocycles. The normalized spacial score (nSPS) is 23.1. The number of carboxylic acid groups (broad SMARTS) is 1. The lowest BCUT2D eigenvalue weighted by Crippen LogP contribution is -2.33. The number of anilines is 1. The summed E-state index contributed by atoms with van der Waals surface area (Å²) >= 11 is 1.47. The van der Waals surface area contributed by atoms with E-state index in [1.54, 1.807) is 0 Å². The van der Waals surface area contributed by atoms with Gasteiger partial charge >= 0.3 is 5.97 Å². The molecular formula is C14H16N2O2S. The highest BCUT2D eigenvalue weighted by atomic mass is 32.1. The van der Waals surface area contributed by atoms with Gasteiger partial charge in [-0.2, -0.15) is 4.37 Å². The van der Waals surface area contributed by atoms with Crippen molar-refractivity contribution in [3.05, 3.63) is 24.3 Å². The highest BCUT2D eigenvalue weighted by molar-refractivity contribution is 7.11. The number of carbonyl (C=O) groups is 1. The van der Waals surface area contributed by atoms with Gasteiger partial charge in [0.15, 0.2) is 0 Å². The van der Waals surface area contributed by atoms with E-state index in [4.69, 9.17) is 0 Å². The highest BCUT2D eigenvalue weighted by Gasteiger charge is 2.44. The van der Waals surface area contributed by atoms with Gasteiger partial charge in [-0.05, 0) is 36.5 Å². The third-order valence-corrected chi connectivity index (χ3v) is 5.08. The number of nitrogens with zero attached hydrogens (tertiary/aromatic N) is 2. The first-order valence-corrected chi connectivity index (χ1v) is 7.26. The second kappa shape index (κ2) is 4.49. The Bertz CT molecular complexity index is 625. The van der Waals surface area contributed by atoms with Gasteiger partial charge in [-0.1, -0.05) is 19.1 Å². The van der Waals surface area contributed by atoms with E-state index in [1.807, 2.05) is 25.1 Å². The van der Waals surface area contributed by atoms with Crippen LogP contribution in [0.25, 0.3) is 10.9 Å². The molecule has 1 aliphatic rings. The molecule has 0 aliphatic carbocycles. The molecule has 1 saturated heterocycles. The summed E-state index contributed by atoms with van der Waals surface area (Å²) in [6.45, 7) is 3.35. The topological polar surface area (TPSA) is 53.4 Å². The molecule has 2 aromatic rings. The quantitative estimate of drug-likeness (QED) is 0.936. The summed E-state index contributed by atoms with van der Waals surface area (Å²) in [7, 11) is 0. The number of fused-ring (bicyclic) bond motifs is 1. The monoisotopic (exact) mass is 276 g/mol. The van der Waals surface area contributed by atoms with Gasteiger partial charge in [-0.15, -0.1) is 0 Å². The summed E-state index contributed by atoms with van der Waals surface area (Å²) in [5.74, 6) is -0.675. The maximum absolute atomic E-state index is 11.5. The maximum Gasteiger partial charge on any atom is 0.311 e. The zero-order valence-corrected chi connectivity index (χ0v) is 11.6. The minimum atomic E-state index is -0.675. The van der Waals surface area contributed by atoms with Crippen LogP contribution in [-0.4, -0.2) is 28.5 Å². The number of benzene rings is 1. The summed E-state index contributed by atoms with van der Waals surface area (Å²) in [4.78, 5) is 13.7. The van der Waals surface area contributed by atoms with E-state index >= 15 is 0 Å². The standard InChI is InChI=1S/C14H16N2O2S/c1-2-14(13(17)18)7-8-16(9-14)12-10-5-3-4-6-11(10)15-19-12/h3-6H,2,7-9H2,1H3,(H,17,18). The SMILES string of the molecule is CCC1(C(=O)O)CCN(c2snc3ccccc23)C1. The Labute approximate surface area is 115 Å². The number of hydrogen-bond donors (Lipinski definition) is 1. The van der Waals surface area contributed by atoms with Gasteiger partial charge in [-0.25, -0.2) is 0 Å². The van der Waals surface area contributed by atoms with E-state index in [0.29, 0.717) is 19.4 Å². The van der Waals surface area contributed by atoms with Crippen LogP contribution in [0.15, 0.2) is 24.3 Å². The Morgan fingerprint density at radius 2 is 2.32 bits per heavy atom. The van der Waals surface area contributed by atoms with E-state index in [1.165, 1.54) is 11.5 Å². The van der Waals surface area contributed by atoms with Crippen molar-refractivity contribution in [3.8, 4) is 0 Å². The molecule has 19 heavy (non-hydrogen) atoms. The van der Waals surface area contributed by atoms with Crippen LogP contribution in [0.3, 0.4) is 0 Å². The molecular weight excluding hydrogens is 260 g/mol. The second-order valence-electron chi connectivity index (χ2n) is 5.12. The van der Waals surface area contributed by atoms with Crippen molar-refractivity contribution in [2.45, 2.75) is 19.8 Å². The molecule has 1 fully saturated rings. The van der Waals surface area contributed by atoms with Gasteiger partial charge in [-0.3, -0.25) is 4.79 Å². The lowest BCUT2D eigenvalue weighted by atomic mass is 9.84. The average Bonchev–Trinajstić information content (AvgIpc) is 3.03. The molecule has 1 aliphatic heterocycles. The number of rotatable bonds is 3. The fraction of sp³-hybridized carbons (Fsp3) is 0.429. The van der Waals surface area contributed by atoms with Gasteiger partial charge < -0.3 is 10.0 Å². The summed E-state index contributed by atoms with van der Waals surface area (Å²) in [6.07, 6.45) is 1.39. The van der Waals surface area contributed by atoms with Crippen LogP contribution in [0.1, 0.15) is 19.8 Å². The third-order valence-electron chi connectivity index (χ3n) is 4.14. The first-order valence-electron chi connectivity index (χ1n) is 6.49. The summed E-state index contributed by atoms with van der Waals surface area (Å²) in [6, 6.07) is 8.03. The van der Waals surface area contributed by atoms with Crippen LogP contribution in [0.2, 0.25) is 0 Å². The molecule has 0 bridgehead atoms. The minimum Gasteiger partial charge on any atom is -0.481 e. The molecule has 0 spiro atoms. The zero-order chi connectivity index (χ0) is 13.5. The molecule has 1 N–H and O–H groups in total. The van der Waals surface area contributed by atoms with E-state index in [9.17, 15) is 9.90 Å². The van der Waals surface area contributed by atoms with E-state index in [-0.39, 0.29) is 0 Å². The molecule has 3 rings (SSSR count). The molecule has 1 aromatic carbocycles. The van der Waals surface area contributed by atoms with Crippen molar-refractivity contribution in [2.24, 2.45) is 5.41 Å². The number of carboxylic acids is 1. The van der Waals surface area contributed by atoms with Crippen molar-refractivity contribution < 1.29 is 9.90 Å². The Morgan fingerprint density at radius 3 is 3.00 bits per heavy atom. The molecule has 1 unspecified atom stereocenters. The van der Waals surface area contributed by atoms with Gasteiger partial charge in [0.2, 0.25) is 0 Å². The van der Waals surface area contributed by atoms with Gasteiger partial charge in [0, 0.05) is 18.5 Å². The zero-order valence-electron chi connectivity index (χ0n) is 10.8. The Morgan fingerprint density at radius 1 is 1.53 bits per heavy atom. The van der Waals surface area contributed by atoms with E-state index in [2.05, 4.69) is 15.3 Å². The van der Waals surface area contributed by atoms with Crippen LogP contribution >= 0.6 is 11.5 Å². The van der Waals surface area contributed by atoms with Crippen LogP contribution < -0.4 is 4.90 Å². The molecule has 0 saturated carbocycles. The summed E-state index contributed by atoms with van der Waals surface area (Å²) in [5.41, 5.74) is 0.400. The van der Waals surface area contributed by atoms with Crippen molar-refractivity contribution in [3.63, 3.8) is 0 Å². The summed E-state index contributed by atoms with van der Waals surface area (Å²) < 4.78 is 4.43. The average molecular weight is 276 g/mol. The lowest BCUT2D eigenvalue weighted by molar-refractivity contribution is -0.147. The fourth-order valence-electron chi connectivity index (χ4n) is 2.76. The minimum absolute atomic E-state index is 0.588. The van der Waals surface area contributed by atoms with Gasteiger partial charge in [0.05, 0.1) is 10.9 Å². The molecule has 1 aromatic heterocycles. The molecule has 1 atom stereocenters. The van der Waals surface area contributed by atoms with Crippen molar-refractivity contribution in [2.75, 3.05) is 18.0 Å². The van der Waals surface area contributed by atoms with Crippen molar-refractivity contribution in [1.29, 1.82) is 0 Å². The van der Waals surface area contributed by atoms with Crippen molar-refractivity contribution >= 4 is 33.4 Å². The Hall–Kier alpha value is -1.62. The van der Waals surface area contributed by atoms with E-state index in [0.717, 1.165) is 22.4 Å². The van der Waals surface area contributed by atoms with E-state index < -0.39 is 11.4 Å². The summed E-state index contributed by atoms with van der Waals surface area (Å²) in [5, 5.41) is 11.7. The third kappa shape index (κ3) is 1.89. The van der Waals surface area contributed by atoms with Crippen LogP contribution in [-0.2, 0) is 4.79 Å². The molecule has 5 heteroatoms. The van der Waals surface area contributed by atoms with Crippen LogP contribution in [0.4, 0.5) is 5.00 Å².